The Morgan fingerprint density at radius 2 is 0.714 bits per heavy atom. The zero-order chi connectivity index (χ0) is 26.1. The second-order valence-corrected chi connectivity index (χ2v) is 9.36. The molecule has 0 N–H and O–H groups in total. The Morgan fingerprint density at radius 3 is 0.971 bits per heavy atom. The summed E-state index contributed by atoms with van der Waals surface area (Å²) in [5, 5.41) is 57.2. The molecule has 0 saturated carbocycles. The zero-order valence-electron chi connectivity index (χ0n) is 16.9. The molecule has 3 aromatic rings. The predicted octanol–water partition coefficient (Wildman–Crippen LogP) is 2.87. The lowest BCUT2D eigenvalue weighted by molar-refractivity contribution is -0.459. The lowest BCUT2D eigenvalue weighted by Crippen LogP contribution is -2.30. The van der Waals surface area contributed by atoms with Gasteiger partial charge < -0.3 is 4.57 Å². The second kappa shape index (κ2) is 9.03. The molecule has 0 saturated heterocycles. The van der Waals surface area contributed by atoms with E-state index in [1.807, 2.05) is 0 Å². The number of nitrogens with zero attached hydrogens (tertiary/aromatic N) is 5. The lowest BCUT2D eigenvalue weighted by Gasteiger charge is -2.19. The molecule has 0 spiro atoms. The molecule has 3 rings (SSSR count). The quantitative estimate of drug-likeness (QED) is 0.246. The first kappa shape index (κ1) is 24.5. The number of benzene rings is 3. The van der Waals surface area contributed by atoms with Crippen LogP contribution in [0.4, 0.5) is 28.4 Å². The van der Waals surface area contributed by atoms with E-state index >= 15 is 0 Å². The highest BCUT2D eigenvalue weighted by atomic mass is 31.2. The smallest absolute Gasteiger partial charge is 0.308 e. The van der Waals surface area contributed by atoms with E-state index in [1.54, 1.807) is 0 Å². The Kier molecular flexibility index (Phi) is 6.33. The zero-order valence-corrected chi connectivity index (χ0v) is 17.8. The van der Waals surface area contributed by atoms with Gasteiger partial charge in [0.1, 0.15) is 0 Å². The maximum Gasteiger partial charge on any atom is 0.437 e. The standard InChI is InChI=1S/C18H10N5O11P/c24-19(25)13-14(20(26)27)16(22(30)31)18(17(23(32)33)15(13)21(28)29)35(34,11-7-3-1-4-8-11)12-9-5-2-6-10-12/h1-10H. The van der Waals surface area contributed by atoms with Crippen LogP contribution in [0.15, 0.2) is 60.7 Å². The van der Waals surface area contributed by atoms with Crippen LogP contribution in [0.25, 0.3) is 0 Å². The van der Waals surface area contributed by atoms with E-state index in [2.05, 4.69) is 0 Å². The third-order valence-electron chi connectivity index (χ3n) is 4.81. The van der Waals surface area contributed by atoms with Gasteiger partial charge in [0, 0.05) is 10.6 Å². The van der Waals surface area contributed by atoms with Crippen LogP contribution in [-0.4, -0.2) is 24.6 Å². The Labute approximate surface area is 192 Å². The fraction of sp³-hybridized carbons (Fsp3) is 0. The van der Waals surface area contributed by atoms with Crippen molar-refractivity contribution in [2.45, 2.75) is 0 Å². The van der Waals surface area contributed by atoms with E-state index in [-0.39, 0.29) is 10.6 Å². The highest BCUT2D eigenvalue weighted by Crippen LogP contribution is 2.56. The van der Waals surface area contributed by atoms with E-state index in [1.165, 1.54) is 36.4 Å². The third-order valence-corrected chi connectivity index (χ3v) is 7.92. The predicted molar refractivity (Wildman–Crippen MR) is 119 cm³/mol. The summed E-state index contributed by atoms with van der Waals surface area (Å²) in [4.78, 5) is 51.2. The Bertz CT molecular complexity index is 1360. The number of rotatable bonds is 8. The molecule has 0 bridgehead atoms. The van der Waals surface area contributed by atoms with Crippen molar-refractivity contribution in [3.63, 3.8) is 0 Å². The van der Waals surface area contributed by atoms with E-state index in [4.69, 9.17) is 0 Å². The van der Waals surface area contributed by atoms with Gasteiger partial charge in [0.25, 0.3) is 0 Å². The van der Waals surface area contributed by atoms with Crippen LogP contribution in [0.5, 0.6) is 0 Å². The van der Waals surface area contributed by atoms with Crippen molar-refractivity contribution in [3.05, 3.63) is 111 Å². The minimum absolute atomic E-state index is 0.296. The highest BCUT2D eigenvalue weighted by Gasteiger charge is 2.59. The fourth-order valence-electron chi connectivity index (χ4n) is 3.52. The number of hydrogen-bond donors (Lipinski definition) is 0. The third kappa shape index (κ3) is 3.93. The molecule has 0 aliphatic rings. The summed E-state index contributed by atoms with van der Waals surface area (Å²) in [6.07, 6.45) is 0. The topological polar surface area (TPSA) is 233 Å². The first-order chi connectivity index (χ1) is 16.4. The molecule has 178 valence electrons. The summed E-state index contributed by atoms with van der Waals surface area (Å²) >= 11 is 0. The average Bonchev–Trinajstić information content (AvgIpc) is 2.82. The lowest BCUT2D eigenvalue weighted by atomic mass is 10.1. The van der Waals surface area contributed by atoms with Gasteiger partial charge in [0.2, 0.25) is 0 Å². The molecule has 0 fully saturated rings. The summed E-state index contributed by atoms with van der Waals surface area (Å²) < 4.78 is 14.7. The summed E-state index contributed by atoms with van der Waals surface area (Å²) in [5.41, 5.74) is -9.78. The van der Waals surface area contributed by atoms with Gasteiger partial charge in [-0.25, -0.2) is 0 Å². The Morgan fingerprint density at radius 1 is 0.457 bits per heavy atom. The largest absolute Gasteiger partial charge is 0.437 e. The summed E-state index contributed by atoms with van der Waals surface area (Å²) in [7, 11) is -4.86. The van der Waals surface area contributed by atoms with Crippen molar-refractivity contribution in [2.24, 2.45) is 0 Å². The Balaban J connectivity index is 2.82. The molecule has 16 nitrogen and oxygen atoms in total. The minimum atomic E-state index is -4.86. The first-order valence-corrected chi connectivity index (χ1v) is 10.8. The summed E-state index contributed by atoms with van der Waals surface area (Å²) in [6, 6.07) is 12.8. The second-order valence-electron chi connectivity index (χ2n) is 6.66. The van der Waals surface area contributed by atoms with Gasteiger partial charge >= 0.3 is 28.4 Å². The van der Waals surface area contributed by atoms with Gasteiger partial charge in [0.15, 0.2) is 12.4 Å². The molecule has 0 aliphatic carbocycles. The molecule has 0 radical (unpaired) electrons. The average molecular weight is 503 g/mol. The van der Waals surface area contributed by atoms with Gasteiger partial charge in [-0.2, -0.15) is 0 Å². The molecule has 0 atom stereocenters. The Hall–Kier alpha value is -5.11. The van der Waals surface area contributed by atoms with Gasteiger partial charge in [-0.05, 0) is 0 Å². The molecule has 35 heavy (non-hydrogen) atoms. The van der Waals surface area contributed by atoms with Gasteiger partial charge in [0.05, 0.1) is 24.6 Å². The molecule has 3 aromatic carbocycles. The highest BCUT2D eigenvalue weighted by molar-refractivity contribution is 7.85. The number of hydrogen-bond acceptors (Lipinski definition) is 11. The van der Waals surface area contributed by atoms with Gasteiger partial charge in [-0.15, -0.1) is 0 Å². The van der Waals surface area contributed by atoms with Crippen LogP contribution in [-0.2, 0) is 4.57 Å². The molecule has 0 aliphatic heterocycles. The molecule has 0 heterocycles. The molecule has 0 aromatic heterocycles. The van der Waals surface area contributed by atoms with Crippen molar-refractivity contribution < 1.29 is 29.2 Å². The number of nitro benzene ring substituents is 5. The van der Waals surface area contributed by atoms with Crippen LogP contribution < -0.4 is 15.9 Å². The van der Waals surface area contributed by atoms with Crippen LogP contribution in [0.1, 0.15) is 0 Å². The van der Waals surface area contributed by atoms with E-state index in [9.17, 15) is 55.1 Å². The van der Waals surface area contributed by atoms with Crippen molar-refractivity contribution in [1.29, 1.82) is 0 Å². The minimum Gasteiger partial charge on any atom is -0.308 e. The van der Waals surface area contributed by atoms with E-state index in [0.29, 0.717) is 0 Å². The van der Waals surface area contributed by atoms with Gasteiger partial charge in [-0.1, -0.05) is 60.7 Å². The van der Waals surface area contributed by atoms with Crippen molar-refractivity contribution in [1.82, 2.24) is 0 Å². The van der Waals surface area contributed by atoms with Crippen molar-refractivity contribution in [3.8, 4) is 0 Å². The molecular formula is C18H10N5O11P. The van der Waals surface area contributed by atoms with Crippen molar-refractivity contribution >= 4 is 51.5 Å². The maximum absolute atomic E-state index is 14.7. The first-order valence-electron chi connectivity index (χ1n) is 9.12. The van der Waals surface area contributed by atoms with Crippen LogP contribution in [0.3, 0.4) is 0 Å². The van der Waals surface area contributed by atoms with Crippen LogP contribution in [0, 0.1) is 50.6 Å². The van der Waals surface area contributed by atoms with Crippen molar-refractivity contribution in [2.75, 3.05) is 0 Å². The fourth-order valence-corrected chi connectivity index (χ4v) is 6.49. The SMILES string of the molecule is O=[N+]([O-])c1c([N+](=O)[O-])c([N+](=O)[O-])c(P(=O)(c2ccccc2)c2ccccc2)c([N+](=O)[O-])c1[N+](=O)[O-]. The number of nitro groups is 5. The monoisotopic (exact) mass is 503 g/mol. The summed E-state index contributed by atoms with van der Waals surface area (Å²) in [6.45, 7) is 0. The molecule has 17 heteroatoms. The van der Waals surface area contributed by atoms with Gasteiger partial charge in [-0.3, -0.25) is 50.6 Å². The molecular weight excluding hydrogens is 493 g/mol. The molecule has 0 unspecified atom stereocenters. The van der Waals surface area contributed by atoms with E-state index < -0.39 is 65.5 Å². The normalized spacial score (nSPS) is 11.0. The summed E-state index contributed by atoms with van der Waals surface area (Å²) in [5.74, 6) is 0. The molecule has 0 amide bonds. The van der Waals surface area contributed by atoms with E-state index in [0.717, 1.165) is 24.3 Å². The van der Waals surface area contributed by atoms with Crippen LogP contribution >= 0.6 is 7.14 Å². The van der Waals surface area contributed by atoms with Crippen LogP contribution in [0.2, 0.25) is 0 Å². The maximum atomic E-state index is 14.7.